The lowest BCUT2D eigenvalue weighted by molar-refractivity contribution is -0.112. The van der Waals surface area contributed by atoms with Crippen LogP contribution in [0.5, 0.6) is 5.75 Å². The fraction of sp³-hybridized carbons (Fsp3) is 0.304. The standard InChI is InChI=1S/C23H25BrN2O2/c1-3-4-5-6-12-28-22-11-10-20(24)15-18(22)14-19(16-25)23(27)26-21-9-7-8-17(2)13-21/h7-11,13-15H,3-6,12H2,1-2H3,(H,26,27)/b19-14+. The first-order valence-electron chi connectivity index (χ1n) is 9.45. The van der Waals surface area contributed by atoms with Crippen LogP contribution in [0.3, 0.4) is 0 Å². The normalized spacial score (nSPS) is 11.0. The summed E-state index contributed by atoms with van der Waals surface area (Å²) in [6.45, 7) is 4.73. The second-order valence-corrected chi connectivity index (χ2v) is 7.50. The van der Waals surface area contributed by atoms with E-state index in [1.807, 2.05) is 49.4 Å². The molecule has 2 aromatic rings. The van der Waals surface area contributed by atoms with E-state index in [0.29, 0.717) is 23.6 Å². The van der Waals surface area contributed by atoms with E-state index in [1.165, 1.54) is 12.8 Å². The van der Waals surface area contributed by atoms with Crippen molar-refractivity contribution in [3.8, 4) is 11.8 Å². The molecular formula is C23H25BrN2O2. The average Bonchev–Trinajstić information content (AvgIpc) is 2.67. The van der Waals surface area contributed by atoms with Gasteiger partial charge in [-0.3, -0.25) is 4.79 Å². The van der Waals surface area contributed by atoms with Gasteiger partial charge in [-0.1, -0.05) is 54.2 Å². The Labute approximate surface area is 175 Å². The number of carbonyl (C=O) groups excluding carboxylic acids is 1. The molecule has 1 amide bonds. The summed E-state index contributed by atoms with van der Waals surface area (Å²) in [5, 5.41) is 12.3. The third-order valence-corrected chi connectivity index (χ3v) is 4.66. The van der Waals surface area contributed by atoms with Gasteiger partial charge in [0, 0.05) is 15.7 Å². The fourth-order valence-corrected chi connectivity index (χ4v) is 3.08. The molecule has 0 saturated heterocycles. The van der Waals surface area contributed by atoms with Gasteiger partial charge in [-0.05, 0) is 55.3 Å². The zero-order chi connectivity index (χ0) is 20.4. The minimum absolute atomic E-state index is 0.0236. The van der Waals surface area contributed by atoms with Crippen molar-refractivity contribution in [2.75, 3.05) is 11.9 Å². The number of amides is 1. The quantitative estimate of drug-likeness (QED) is 0.284. The van der Waals surface area contributed by atoms with Gasteiger partial charge in [0.05, 0.1) is 6.61 Å². The van der Waals surface area contributed by atoms with Crippen molar-refractivity contribution in [2.45, 2.75) is 39.5 Å². The molecule has 0 atom stereocenters. The van der Waals surface area contributed by atoms with Gasteiger partial charge in [0.2, 0.25) is 0 Å². The van der Waals surface area contributed by atoms with E-state index in [0.717, 1.165) is 22.9 Å². The number of aryl methyl sites for hydroxylation is 1. The molecule has 28 heavy (non-hydrogen) atoms. The SMILES string of the molecule is CCCCCCOc1ccc(Br)cc1/C=C(\C#N)C(=O)Nc1cccc(C)c1. The topological polar surface area (TPSA) is 62.1 Å². The Kier molecular flexibility index (Phi) is 8.77. The minimum Gasteiger partial charge on any atom is -0.493 e. The third kappa shape index (κ3) is 6.86. The number of carbonyl (C=O) groups is 1. The molecule has 0 aliphatic heterocycles. The van der Waals surface area contributed by atoms with Gasteiger partial charge in [0.1, 0.15) is 17.4 Å². The van der Waals surface area contributed by atoms with Crippen molar-refractivity contribution >= 4 is 33.6 Å². The number of unbranched alkanes of at least 4 members (excludes halogenated alkanes) is 3. The van der Waals surface area contributed by atoms with Crippen LogP contribution in [-0.2, 0) is 4.79 Å². The maximum Gasteiger partial charge on any atom is 0.266 e. The second-order valence-electron chi connectivity index (χ2n) is 6.58. The van der Waals surface area contributed by atoms with Gasteiger partial charge in [0.15, 0.2) is 0 Å². The maximum atomic E-state index is 12.5. The summed E-state index contributed by atoms with van der Waals surface area (Å²) in [7, 11) is 0. The zero-order valence-electron chi connectivity index (χ0n) is 16.3. The Bertz CT molecular complexity index is 884. The first kappa shape index (κ1) is 21.7. The number of rotatable bonds is 9. The van der Waals surface area contributed by atoms with Crippen molar-refractivity contribution in [3.05, 3.63) is 63.6 Å². The molecule has 0 fully saturated rings. The smallest absolute Gasteiger partial charge is 0.266 e. The lowest BCUT2D eigenvalue weighted by Gasteiger charge is -2.10. The first-order chi connectivity index (χ1) is 13.5. The van der Waals surface area contributed by atoms with E-state index < -0.39 is 5.91 Å². The summed E-state index contributed by atoms with van der Waals surface area (Å²) in [5.41, 5.74) is 2.41. The molecule has 0 heterocycles. The van der Waals surface area contributed by atoms with Crippen molar-refractivity contribution in [3.63, 3.8) is 0 Å². The summed E-state index contributed by atoms with van der Waals surface area (Å²) < 4.78 is 6.75. The lowest BCUT2D eigenvalue weighted by Crippen LogP contribution is -2.13. The van der Waals surface area contributed by atoms with E-state index in [2.05, 4.69) is 28.2 Å². The Balaban J connectivity index is 2.16. The highest BCUT2D eigenvalue weighted by molar-refractivity contribution is 9.10. The zero-order valence-corrected chi connectivity index (χ0v) is 17.9. The van der Waals surface area contributed by atoms with E-state index in [9.17, 15) is 10.1 Å². The number of anilines is 1. The summed E-state index contributed by atoms with van der Waals surface area (Å²) in [6, 6.07) is 15.0. The Morgan fingerprint density at radius 1 is 1.21 bits per heavy atom. The first-order valence-corrected chi connectivity index (χ1v) is 10.2. The Morgan fingerprint density at radius 2 is 2.04 bits per heavy atom. The average molecular weight is 441 g/mol. The number of nitrogens with zero attached hydrogens (tertiary/aromatic N) is 1. The van der Waals surface area contributed by atoms with Crippen LogP contribution in [0.15, 0.2) is 52.5 Å². The molecule has 0 saturated carbocycles. The van der Waals surface area contributed by atoms with Crippen LogP contribution >= 0.6 is 15.9 Å². The molecule has 0 aliphatic rings. The molecule has 146 valence electrons. The number of ether oxygens (including phenoxy) is 1. The molecule has 0 radical (unpaired) electrons. The number of hydrogen-bond acceptors (Lipinski definition) is 3. The highest BCUT2D eigenvalue weighted by Crippen LogP contribution is 2.26. The van der Waals surface area contributed by atoms with E-state index in [-0.39, 0.29) is 5.57 Å². The summed E-state index contributed by atoms with van der Waals surface area (Å²) >= 11 is 3.44. The van der Waals surface area contributed by atoms with Crippen LogP contribution < -0.4 is 10.1 Å². The van der Waals surface area contributed by atoms with Gasteiger partial charge in [-0.25, -0.2) is 0 Å². The monoisotopic (exact) mass is 440 g/mol. The van der Waals surface area contributed by atoms with Gasteiger partial charge < -0.3 is 10.1 Å². The molecule has 0 unspecified atom stereocenters. The highest BCUT2D eigenvalue weighted by Gasteiger charge is 2.12. The summed E-state index contributed by atoms with van der Waals surface area (Å²) in [5.74, 6) is 0.220. The van der Waals surface area contributed by atoms with Gasteiger partial charge >= 0.3 is 0 Å². The Hall–Kier alpha value is -2.58. The summed E-state index contributed by atoms with van der Waals surface area (Å²) in [4.78, 5) is 12.5. The molecular weight excluding hydrogens is 416 g/mol. The number of benzene rings is 2. The lowest BCUT2D eigenvalue weighted by atomic mass is 10.1. The molecule has 5 heteroatoms. The van der Waals surface area contributed by atoms with Crippen molar-refractivity contribution in [2.24, 2.45) is 0 Å². The van der Waals surface area contributed by atoms with Crippen LogP contribution in [0, 0.1) is 18.3 Å². The van der Waals surface area contributed by atoms with Gasteiger partial charge in [0.25, 0.3) is 5.91 Å². The predicted molar refractivity (Wildman–Crippen MR) is 117 cm³/mol. The molecule has 2 aromatic carbocycles. The van der Waals surface area contributed by atoms with Crippen LogP contribution in [0.1, 0.15) is 43.7 Å². The van der Waals surface area contributed by atoms with Crippen LogP contribution in [-0.4, -0.2) is 12.5 Å². The molecule has 0 spiro atoms. The van der Waals surface area contributed by atoms with Gasteiger partial charge in [-0.15, -0.1) is 0 Å². The number of nitriles is 1. The van der Waals surface area contributed by atoms with Crippen molar-refractivity contribution < 1.29 is 9.53 Å². The van der Waals surface area contributed by atoms with E-state index >= 15 is 0 Å². The molecule has 0 aromatic heterocycles. The molecule has 2 rings (SSSR count). The van der Waals surface area contributed by atoms with Crippen molar-refractivity contribution in [1.82, 2.24) is 0 Å². The fourth-order valence-electron chi connectivity index (χ4n) is 2.70. The Morgan fingerprint density at radius 3 is 2.75 bits per heavy atom. The minimum atomic E-state index is -0.443. The number of halogens is 1. The number of nitrogens with one attached hydrogen (secondary N) is 1. The van der Waals surface area contributed by atoms with Crippen LogP contribution in [0.25, 0.3) is 6.08 Å². The molecule has 0 aliphatic carbocycles. The maximum absolute atomic E-state index is 12.5. The molecule has 0 bridgehead atoms. The molecule has 4 nitrogen and oxygen atoms in total. The van der Waals surface area contributed by atoms with Crippen molar-refractivity contribution in [1.29, 1.82) is 5.26 Å². The van der Waals surface area contributed by atoms with Crippen LogP contribution in [0.2, 0.25) is 0 Å². The van der Waals surface area contributed by atoms with E-state index in [4.69, 9.17) is 4.74 Å². The largest absolute Gasteiger partial charge is 0.493 e. The van der Waals surface area contributed by atoms with E-state index in [1.54, 1.807) is 12.1 Å². The van der Waals surface area contributed by atoms with Gasteiger partial charge in [-0.2, -0.15) is 5.26 Å². The molecule has 1 N–H and O–H groups in total. The summed E-state index contributed by atoms with van der Waals surface area (Å²) in [6.07, 6.45) is 6.03. The number of hydrogen-bond donors (Lipinski definition) is 1. The highest BCUT2D eigenvalue weighted by atomic mass is 79.9. The van der Waals surface area contributed by atoms with Crippen LogP contribution in [0.4, 0.5) is 5.69 Å². The predicted octanol–water partition coefficient (Wildman–Crippen LogP) is 6.26. The third-order valence-electron chi connectivity index (χ3n) is 4.17. The second kappa shape index (κ2) is 11.3.